The van der Waals surface area contributed by atoms with Gasteiger partial charge in [0.2, 0.25) is 0 Å². The Bertz CT molecular complexity index is 1380. The van der Waals surface area contributed by atoms with Crippen molar-refractivity contribution < 1.29 is 33.5 Å². The van der Waals surface area contributed by atoms with E-state index in [1.807, 2.05) is 12.1 Å². The summed E-state index contributed by atoms with van der Waals surface area (Å²) in [5.74, 6) is -3.89. The Labute approximate surface area is 225 Å². The van der Waals surface area contributed by atoms with Crippen molar-refractivity contribution in [2.45, 2.75) is 39.0 Å². The molecule has 2 aromatic rings. The Morgan fingerprint density at radius 2 is 1.74 bits per heavy atom. The fraction of sp³-hybridized carbons (Fsp3) is 0.345. The van der Waals surface area contributed by atoms with Crippen molar-refractivity contribution in [2.24, 2.45) is 5.92 Å². The van der Waals surface area contributed by atoms with Crippen LogP contribution in [0.25, 0.3) is 0 Å². The predicted molar refractivity (Wildman–Crippen MR) is 141 cm³/mol. The monoisotopic (exact) mass is 534 g/mol. The van der Waals surface area contributed by atoms with Gasteiger partial charge in [-0.3, -0.25) is 19.7 Å². The van der Waals surface area contributed by atoms with Crippen LogP contribution in [-0.2, 0) is 23.9 Å². The predicted octanol–water partition coefficient (Wildman–Crippen LogP) is 4.32. The third-order valence-corrected chi connectivity index (χ3v) is 7.01. The zero-order valence-corrected chi connectivity index (χ0v) is 22.2. The summed E-state index contributed by atoms with van der Waals surface area (Å²) in [5.41, 5.74) is 2.32. The highest BCUT2D eigenvalue weighted by molar-refractivity contribution is 6.13. The average molecular weight is 535 g/mol. The number of nitrogens with zero attached hydrogens (tertiary/aromatic N) is 1. The van der Waals surface area contributed by atoms with Crippen LogP contribution in [0, 0.1) is 16.0 Å². The number of benzene rings is 2. The molecule has 0 radical (unpaired) electrons. The SMILES string of the molecule is CCOC(=O)C1=C(C)NC2=C(C(=O)[C@H](C(=O)OCC)[C@@H](c3ccc(OC)cc3)C2)[C@@H]1c1cccc([N+](=O)[O-])c1. The van der Waals surface area contributed by atoms with Gasteiger partial charge in [0.25, 0.3) is 5.69 Å². The number of nitro groups is 1. The third-order valence-electron chi connectivity index (χ3n) is 7.01. The Kier molecular flexibility index (Phi) is 8.13. The van der Waals surface area contributed by atoms with Crippen LogP contribution >= 0.6 is 0 Å². The molecule has 0 saturated carbocycles. The molecule has 2 aromatic carbocycles. The number of allylic oxidation sites excluding steroid dienone is 3. The maximum atomic E-state index is 14.3. The van der Waals surface area contributed by atoms with E-state index in [4.69, 9.17) is 14.2 Å². The Morgan fingerprint density at radius 1 is 1.05 bits per heavy atom. The van der Waals surface area contributed by atoms with E-state index in [1.54, 1.807) is 46.1 Å². The number of ether oxygens (including phenoxy) is 3. The van der Waals surface area contributed by atoms with E-state index in [-0.39, 0.29) is 36.5 Å². The van der Waals surface area contributed by atoms with Gasteiger partial charge in [-0.15, -0.1) is 0 Å². The van der Waals surface area contributed by atoms with Gasteiger partial charge in [-0.25, -0.2) is 4.79 Å². The second kappa shape index (κ2) is 11.5. The smallest absolute Gasteiger partial charge is 0.336 e. The molecule has 0 saturated heterocycles. The number of non-ortho nitro benzene ring substituents is 1. The normalized spacial score (nSPS) is 20.6. The molecule has 0 bridgehead atoms. The number of nitrogens with one attached hydrogen (secondary N) is 1. The largest absolute Gasteiger partial charge is 0.497 e. The van der Waals surface area contributed by atoms with Crippen LogP contribution in [0.5, 0.6) is 5.75 Å². The number of ketones is 1. The Morgan fingerprint density at radius 3 is 2.36 bits per heavy atom. The van der Waals surface area contributed by atoms with Gasteiger partial charge in [0.05, 0.1) is 30.8 Å². The van der Waals surface area contributed by atoms with Gasteiger partial charge < -0.3 is 19.5 Å². The van der Waals surface area contributed by atoms with E-state index in [2.05, 4.69) is 5.32 Å². The standard InChI is InChI=1S/C29H30N2O8/c1-5-38-28(33)23-16(3)30-22-15-21(17-10-12-20(37-4)13-11-17)25(29(34)39-6-2)27(32)26(22)24(23)18-8-7-9-19(14-18)31(35)36/h7-14,21,24-25,30H,5-6,15H2,1-4H3/t21-,24-,25-/m1/s1. The molecule has 39 heavy (non-hydrogen) atoms. The fourth-order valence-corrected chi connectivity index (χ4v) is 5.33. The van der Waals surface area contributed by atoms with Crippen LogP contribution in [-0.4, -0.2) is 43.0 Å². The molecule has 0 unspecified atom stereocenters. The third kappa shape index (κ3) is 5.27. The summed E-state index contributed by atoms with van der Waals surface area (Å²) in [7, 11) is 1.55. The molecule has 2 aliphatic rings. The minimum absolute atomic E-state index is 0.0868. The number of esters is 2. The minimum Gasteiger partial charge on any atom is -0.497 e. The summed E-state index contributed by atoms with van der Waals surface area (Å²) in [6, 6.07) is 12.9. The second-order valence-electron chi connectivity index (χ2n) is 9.24. The zero-order valence-electron chi connectivity index (χ0n) is 22.2. The molecule has 10 nitrogen and oxygen atoms in total. The van der Waals surface area contributed by atoms with Gasteiger partial charge in [0.15, 0.2) is 5.78 Å². The Balaban J connectivity index is 1.91. The maximum Gasteiger partial charge on any atom is 0.336 e. The van der Waals surface area contributed by atoms with Crippen LogP contribution in [0.3, 0.4) is 0 Å². The molecule has 0 spiro atoms. The first-order chi connectivity index (χ1) is 18.7. The van der Waals surface area contributed by atoms with Gasteiger partial charge in [-0.1, -0.05) is 24.3 Å². The van der Waals surface area contributed by atoms with Crippen LogP contribution < -0.4 is 10.1 Å². The van der Waals surface area contributed by atoms with E-state index in [1.165, 1.54) is 18.2 Å². The van der Waals surface area contributed by atoms with E-state index >= 15 is 0 Å². The lowest BCUT2D eigenvalue weighted by Gasteiger charge is -2.39. The number of rotatable bonds is 8. The van der Waals surface area contributed by atoms with Crippen molar-refractivity contribution in [3.05, 3.63) is 92.3 Å². The second-order valence-corrected chi connectivity index (χ2v) is 9.24. The number of hydrogen-bond acceptors (Lipinski definition) is 9. The summed E-state index contributed by atoms with van der Waals surface area (Å²) in [6.45, 7) is 5.22. The topological polar surface area (TPSA) is 134 Å². The first-order valence-electron chi connectivity index (χ1n) is 12.7. The lowest BCUT2D eigenvalue weighted by Crippen LogP contribution is -2.43. The number of nitro benzene ring substituents is 1. The number of Topliss-reactive ketones (excluding diaryl/α,β-unsaturated/α-hetero) is 1. The molecular weight excluding hydrogens is 504 g/mol. The molecule has 1 aliphatic carbocycles. The van der Waals surface area contributed by atoms with Crippen LogP contribution in [0.15, 0.2) is 71.1 Å². The summed E-state index contributed by atoms with van der Waals surface area (Å²) in [5, 5.41) is 14.8. The molecule has 3 atom stereocenters. The fourth-order valence-electron chi connectivity index (χ4n) is 5.33. The molecule has 4 rings (SSSR count). The molecule has 204 valence electrons. The lowest BCUT2D eigenvalue weighted by molar-refractivity contribution is -0.384. The van der Waals surface area contributed by atoms with E-state index in [0.29, 0.717) is 22.7 Å². The van der Waals surface area contributed by atoms with Gasteiger partial charge in [0, 0.05) is 40.9 Å². The van der Waals surface area contributed by atoms with Crippen molar-refractivity contribution in [2.75, 3.05) is 20.3 Å². The summed E-state index contributed by atoms with van der Waals surface area (Å²) in [6.07, 6.45) is 0.274. The summed E-state index contributed by atoms with van der Waals surface area (Å²) >= 11 is 0. The number of methoxy groups -OCH3 is 1. The average Bonchev–Trinajstić information content (AvgIpc) is 2.92. The molecule has 0 aromatic heterocycles. The zero-order chi connectivity index (χ0) is 28.3. The summed E-state index contributed by atoms with van der Waals surface area (Å²) in [4.78, 5) is 51.7. The number of carbonyl (C=O) groups is 3. The summed E-state index contributed by atoms with van der Waals surface area (Å²) < 4.78 is 15.9. The molecule has 0 amide bonds. The maximum absolute atomic E-state index is 14.3. The van der Waals surface area contributed by atoms with Gasteiger partial charge >= 0.3 is 11.9 Å². The van der Waals surface area contributed by atoms with Crippen LogP contribution in [0.4, 0.5) is 5.69 Å². The van der Waals surface area contributed by atoms with Crippen molar-refractivity contribution >= 4 is 23.4 Å². The first-order valence-corrected chi connectivity index (χ1v) is 12.7. The van der Waals surface area contributed by atoms with Crippen LogP contribution in [0.2, 0.25) is 0 Å². The highest BCUT2D eigenvalue weighted by Crippen LogP contribution is 2.48. The van der Waals surface area contributed by atoms with Crippen molar-refractivity contribution in [3.8, 4) is 5.75 Å². The van der Waals surface area contributed by atoms with Crippen molar-refractivity contribution in [1.29, 1.82) is 0 Å². The molecular formula is C29H30N2O8. The minimum atomic E-state index is -1.18. The van der Waals surface area contributed by atoms with E-state index in [0.717, 1.165) is 5.56 Å². The Hall–Kier alpha value is -4.47. The van der Waals surface area contributed by atoms with E-state index in [9.17, 15) is 24.5 Å². The first kappa shape index (κ1) is 27.6. The van der Waals surface area contributed by atoms with E-state index < -0.39 is 40.4 Å². The molecule has 10 heteroatoms. The van der Waals surface area contributed by atoms with Gasteiger partial charge in [-0.2, -0.15) is 0 Å². The number of hydrogen-bond donors (Lipinski definition) is 1. The van der Waals surface area contributed by atoms with Gasteiger partial charge in [0.1, 0.15) is 11.7 Å². The number of carbonyl (C=O) groups excluding carboxylic acids is 3. The van der Waals surface area contributed by atoms with Crippen molar-refractivity contribution in [1.82, 2.24) is 5.32 Å². The van der Waals surface area contributed by atoms with Gasteiger partial charge in [-0.05, 0) is 50.5 Å². The quantitative estimate of drug-likeness (QED) is 0.227. The molecule has 1 heterocycles. The molecule has 1 N–H and O–H groups in total. The highest BCUT2D eigenvalue weighted by atomic mass is 16.6. The van der Waals surface area contributed by atoms with Crippen molar-refractivity contribution in [3.63, 3.8) is 0 Å². The lowest BCUT2D eigenvalue weighted by atomic mass is 9.67. The molecule has 0 fully saturated rings. The highest BCUT2D eigenvalue weighted by Gasteiger charge is 2.49. The number of dihydropyridines is 1. The molecule has 1 aliphatic heterocycles. The van der Waals surface area contributed by atoms with Crippen LogP contribution in [0.1, 0.15) is 50.2 Å².